The molecule has 0 radical (unpaired) electrons. The minimum atomic E-state index is -0.795. The second-order valence-corrected chi connectivity index (χ2v) is 5.09. The number of carbonyl (C=O) groups is 1. The van der Waals surface area contributed by atoms with E-state index < -0.39 is 5.97 Å². The molecule has 1 N–H and O–H groups in total. The second-order valence-electron chi connectivity index (χ2n) is 5.09. The molecule has 0 aromatic carbocycles. The Bertz CT molecular complexity index is 231. The van der Waals surface area contributed by atoms with E-state index in [0.717, 1.165) is 6.42 Å². The standard InChI is InChI=1S/C15H28O2/c1-4-5-6-7-8-9-10-13(2)11-12-14(3)15(16)17/h12-13H,4-11H2,1-3H3,(H,16,17). The lowest BCUT2D eigenvalue weighted by molar-refractivity contribution is -0.132. The van der Waals surface area contributed by atoms with Crippen molar-refractivity contribution in [3.63, 3.8) is 0 Å². The minimum absolute atomic E-state index is 0.472. The van der Waals surface area contributed by atoms with Crippen LogP contribution >= 0.6 is 0 Å². The molecule has 0 saturated heterocycles. The summed E-state index contributed by atoms with van der Waals surface area (Å²) in [5, 5.41) is 8.72. The zero-order chi connectivity index (χ0) is 13.1. The Morgan fingerprint density at radius 3 is 2.35 bits per heavy atom. The van der Waals surface area contributed by atoms with Crippen LogP contribution < -0.4 is 0 Å². The van der Waals surface area contributed by atoms with Crippen molar-refractivity contribution in [3.8, 4) is 0 Å². The SMILES string of the molecule is CCCCCCCCC(C)CC=C(C)C(=O)O. The molecule has 17 heavy (non-hydrogen) atoms. The number of aliphatic carboxylic acids is 1. The Kier molecular flexibility index (Phi) is 9.89. The van der Waals surface area contributed by atoms with Gasteiger partial charge in [-0.05, 0) is 19.3 Å². The summed E-state index contributed by atoms with van der Waals surface area (Å²) in [5.41, 5.74) is 0.472. The normalized spacial score (nSPS) is 13.7. The van der Waals surface area contributed by atoms with E-state index in [0.29, 0.717) is 11.5 Å². The molecular weight excluding hydrogens is 212 g/mol. The van der Waals surface area contributed by atoms with Crippen molar-refractivity contribution in [1.29, 1.82) is 0 Å². The summed E-state index contributed by atoms with van der Waals surface area (Å²) in [6.45, 7) is 6.11. The van der Waals surface area contributed by atoms with E-state index in [1.807, 2.05) is 6.08 Å². The van der Waals surface area contributed by atoms with E-state index in [2.05, 4.69) is 13.8 Å². The van der Waals surface area contributed by atoms with E-state index in [1.54, 1.807) is 6.92 Å². The topological polar surface area (TPSA) is 37.3 Å². The van der Waals surface area contributed by atoms with Gasteiger partial charge in [0.15, 0.2) is 0 Å². The summed E-state index contributed by atoms with van der Waals surface area (Å²) in [7, 11) is 0. The van der Waals surface area contributed by atoms with E-state index in [9.17, 15) is 4.79 Å². The number of rotatable bonds is 10. The van der Waals surface area contributed by atoms with Gasteiger partial charge in [0, 0.05) is 5.57 Å². The number of allylic oxidation sites excluding steroid dienone is 1. The molecule has 0 aliphatic heterocycles. The lowest BCUT2D eigenvalue weighted by Gasteiger charge is -2.08. The quantitative estimate of drug-likeness (QED) is 0.440. The lowest BCUT2D eigenvalue weighted by atomic mass is 9.98. The Hall–Kier alpha value is -0.790. The van der Waals surface area contributed by atoms with Crippen LogP contribution in [0, 0.1) is 5.92 Å². The van der Waals surface area contributed by atoms with E-state index in [1.165, 1.54) is 44.9 Å². The Morgan fingerprint density at radius 2 is 1.76 bits per heavy atom. The van der Waals surface area contributed by atoms with Crippen LogP contribution in [0.4, 0.5) is 0 Å². The van der Waals surface area contributed by atoms with Crippen LogP contribution in [0.25, 0.3) is 0 Å². The first-order chi connectivity index (χ1) is 8.07. The number of hydrogen-bond acceptors (Lipinski definition) is 1. The van der Waals surface area contributed by atoms with Gasteiger partial charge in [-0.3, -0.25) is 0 Å². The van der Waals surface area contributed by atoms with Gasteiger partial charge < -0.3 is 5.11 Å². The third-order valence-electron chi connectivity index (χ3n) is 3.21. The Balaban J connectivity index is 3.50. The maximum atomic E-state index is 10.6. The average molecular weight is 240 g/mol. The molecule has 2 heteroatoms. The number of carboxylic acid groups (broad SMARTS) is 1. The summed E-state index contributed by atoms with van der Waals surface area (Å²) in [6.07, 6.45) is 11.9. The van der Waals surface area contributed by atoms with Crippen molar-refractivity contribution < 1.29 is 9.90 Å². The van der Waals surface area contributed by atoms with Crippen LogP contribution in [-0.4, -0.2) is 11.1 Å². The van der Waals surface area contributed by atoms with Crippen LogP contribution in [0.15, 0.2) is 11.6 Å². The van der Waals surface area contributed by atoms with Crippen molar-refractivity contribution in [2.45, 2.75) is 72.1 Å². The Labute approximate surface area is 106 Å². The highest BCUT2D eigenvalue weighted by molar-refractivity contribution is 5.85. The van der Waals surface area contributed by atoms with E-state index >= 15 is 0 Å². The van der Waals surface area contributed by atoms with Gasteiger partial charge in [-0.1, -0.05) is 64.9 Å². The van der Waals surface area contributed by atoms with Gasteiger partial charge in [-0.15, -0.1) is 0 Å². The fourth-order valence-electron chi connectivity index (χ4n) is 1.86. The zero-order valence-electron chi connectivity index (χ0n) is 11.7. The van der Waals surface area contributed by atoms with Crippen LogP contribution in [0.3, 0.4) is 0 Å². The fraction of sp³-hybridized carbons (Fsp3) is 0.800. The predicted molar refractivity (Wildman–Crippen MR) is 73.2 cm³/mol. The van der Waals surface area contributed by atoms with Gasteiger partial charge in [-0.2, -0.15) is 0 Å². The molecule has 100 valence electrons. The van der Waals surface area contributed by atoms with E-state index in [-0.39, 0.29) is 0 Å². The third-order valence-corrected chi connectivity index (χ3v) is 3.21. The minimum Gasteiger partial charge on any atom is -0.478 e. The summed E-state index contributed by atoms with van der Waals surface area (Å²) in [6, 6.07) is 0. The molecule has 1 atom stereocenters. The summed E-state index contributed by atoms with van der Waals surface area (Å²) in [4.78, 5) is 10.6. The van der Waals surface area contributed by atoms with Gasteiger partial charge in [0.25, 0.3) is 0 Å². The van der Waals surface area contributed by atoms with Crippen LogP contribution in [0.2, 0.25) is 0 Å². The highest BCUT2D eigenvalue weighted by atomic mass is 16.4. The zero-order valence-corrected chi connectivity index (χ0v) is 11.7. The Morgan fingerprint density at radius 1 is 1.18 bits per heavy atom. The molecule has 1 unspecified atom stereocenters. The molecule has 2 nitrogen and oxygen atoms in total. The number of carboxylic acids is 1. The summed E-state index contributed by atoms with van der Waals surface area (Å²) >= 11 is 0. The second kappa shape index (κ2) is 10.4. The largest absolute Gasteiger partial charge is 0.478 e. The molecule has 0 aromatic heterocycles. The van der Waals surface area contributed by atoms with Gasteiger partial charge in [0.1, 0.15) is 0 Å². The van der Waals surface area contributed by atoms with Crippen LogP contribution in [0.1, 0.15) is 72.1 Å². The lowest BCUT2D eigenvalue weighted by Crippen LogP contribution is -1.98. The number of hydrogen-bond donors (Lipinski definition) is 1. The van der Waals surface area contributed by atoms with Crippen molar-refractivity contribution in [1.82, 2.24) is 0 Å². The maximum absolute atomic E-state index is 10.6. The van der Waals surface area contributed by atoms with Crippen molar-refractivity contribution in [2.75, 3.05) is 0 Å². The predicted octanol–water partition coefficient (Wildman–Crippen LogP) is 4.79. The molecule has 0 fully saturated rings. The average Bonchev–Trinajstić information content (AvgIpc) is 2.30. The molecule has 0 aromatic rings. The first kappa shape index (κ1) is 16.2. The smallest absolute Gasteiger partial charge is 0.330 e. The van der Waals surface area contributed by atoms with Crippen molar-refractivity contribution in [3.05, 3.63) is 11.6 Å². The maximum Gasteiger partial charge on any atom is 0.330 e. The molecule has 0 amide bonds. The molecular formula is C15H28O2. The fourth-order valence-corrected chi connectivity index (χ4v) is 1.86. The molecule has 0 heterocycles. The first-order valence-corrected chi connectivity index (χ1v) is 6.98. The van der Waals surface area contributed by atoms with Crippen molar-refractivity contribution >= 4 is 5.97 Å². The highest BCUT2D eigenvalue weighted by Gasteiger charge is 2.03. The van der Waals surface area contributed by atoms with E-state index in [4.69, 9.17) is 5.11 Å². The molecule has 0 aliphatic carbocycles. The molecule has 0 rings (SSSR count). The first-order valence-electron chi connectivity index (χ1n) is 6.98. The van der Waals surface area contributed by atoms with Gasteiger partial charge >= 0.3 is 5.97 Å². The number of unbranched alkanes of at least 4 members (excludes halogenated alkanes) is 5. The molecule has 0 aliphatic rings. The van der Waals surface area contributed by atoms with Gasteiger partial charge in [-0.25, -0.2) is 4.79 Å². The van der Waals surface area contributed by atoms with Gasteiger partial charge in [0.05, 0.1) is 0 Å². The van der Waals surface area contributed by atoms with Crippen LogP contribution in [0.5, 0.6) is 0 Å². The summed E-state index contributed by atoms with van der Waals surface area (Å²) in [5.74, 6) is -0.188. The summed E-state index contributed by atoms with van der Waals surface area (Å²) < 4.78 is 0. The molecule has 0 bridgehead atoms. The van der Waals surface area contributed by atoms with Crippen LogP contribution in [-0.2, 0) is 4.79 Å². The van der Waals surface area contributed by atoms with Gasteiger partial charge in [0.2, 0.25) is 0 Å². The molecule has 0 spiro atoms. The third kappa shape index (κ3) is 10.1. The van der Waals surface area contributed by atoms with Crippen molar-refractivity contribution in [2.24, 2.45) is 5.92 Å². The monoisotopic (exact) mass is 240 g/mol. The highest BCUT2D eigenvalue weighted by Crippen LogP contribution is 2.15. The molecule has 0 saturated carbocycles.